The molecule has 0 N–H and O–H groups in total. The maximum absolute atomic E-state index is 15.0. The second-order valence-corrected chi connectivity index (χ2v) is 6.88. The van der Waals surface area contributed by atoms with Crippen LogP contribution in [0.4, 0.5) is 19.0 Å². The topological polar surface area (TPSA) is 43.8 Å². The monoisotopic (exact) mass is 444 g/mol. The molecule has 0 bridgehead atoms. The van der Waals surface area contributed by atoms with E-state index in [-0.39, 0.29) is 17.3 Å². The quantitative estimate of drug-likeness (QED) is 0.424. The van der Waals surface area contributed by atoms with Crippen LogP contribution in [0.2, 0.25) is 0 Å². The van der Waals surface area contributed by atoms with Gasteiger partial charge in [0.1, 0.15) is 11.5 Å². The minimum Gasteiger partial charge on any atom is -0.497 e. The molecule has 2 aromatic carbocycles. The van der Waals surface area contributed by atoms with Gasteiger partial charge in [-0.05, 0) is 41.5 Å². The number of ether oxygens (including phenoxy) is 3. The van der Waals surface area contributed by atoms with Gasteiger partial charge in [0.15, 0.2) is 11.6 Å². The fraction of sp³-hybridized carbons (Fsp3) is 0.208. The van der Waals surface area contributed by atoms with Gasteiger partial charge in [-0.2, -0.15) is 13.8 Å². The van der Waals surface area contributed by atoms with Crippen molar-refractivity contribution in [3.8, 4) is 17.4 Å². The van der Waals surface area contributed by atoms with E-state index in [4.69, 9.17) is 14.2 Å². The van der Waals surface area contributed by atoms with Crippen molar-refractivity contribution < 1.29 is 27.4 Å². The Morgan fingerprint density at radius 2 is 1.34 bits per heavy atom. The van der Waals surface area contributed by atoms with Gasteiger partial charge in [-0.15, -0.1) is 0 Å². The zero-order valence-corrected chi connectivity index (χ0v) is 17.9. The third kappa shape index (κ3) is 5.72. The molecule has 0 spiro atoms. The maximum atomic E-state index is 15.0. The fourth-order valence-electron chi connectivity index (χ4n) is 3.19. The van der Waals surface area contributed by atoms with E-state index in [2.05, 4.69) is 4.98 Å². The number of pyridine rings is 1. The number of anilines is 1. The minimum atomic E-state index is -1.97. The zero-order chi connectivity index (χ0) is 23.1. The van der Waals surface area contributed by atoms with Crippen molar-refractivity contribution in [1.29, 1.82) is 0 Å². The molecule has 0 radical (unpaired) electrons. The molecule has 0 fully saturated rings. The molecule has 0 saturated carbocycles. The number of rotatable bonds is 9. The summed E-state index contributed by atoms with van der Waals surface area (Å²) in [6.07, 6.45) is -1.44. The van der Waals surface area contributed by atoms with Crippen molar-refractivity contribution in [2.24, 2.45) is 0 Å². The first-order valence-electron chi connectivity index (χ1n) is 9.71. The molecule has 1 heterocycles. The highest BCUT2D eigenvalue weighted by atomic mass is 19.3. The lowest BCUT2D eigenvalue weighted by atomic mass is 10.1. The van der Waals surface area contributed by atoms with Crippen molar-refractivity contribution in [2.45, 2.75) is 13.1 Å². The lowest BCUT2D eigenvalue weighted by molar-refractivity contribution is 0.392. The van der Waals surface area contributed by atoms with Crippen LogP contribution in [0.3, 0.4) is 0 Å². The lowest BCUT2D eigenvalue weighted by Crippen LogP contribution is -2.24. The molecule has 0 unspecified atom stereocenters. The summed E-state index contributed by atoms with van der Waals surface area (Å²) in [5.41, 5.74) is 1.64. The van der Waals surface area contributed by atoms with E-state index in [1.54, 1.807) is 19.1 Å². The van der Waals surface area contributed by atoms with E-state index in [1.165, 1.54) is 7.11 Å². The van der Waals surface area contributed by atoms with Gasteiger partial charge in [-0.3, -0.25) is 0 Å². The first-order valence-corrected chi connectivity index (χ1v) is 9.71. The Balaban J connectivity index is 2.00. The van der Waals surface area contributed by atoms with Gasteiger partial charge in [0, 0.05) is 24.7 Å². The van der Waals surface area contributed by atoms with Crippen LogP contribution < -0.4 is 19.1 Å². The second kappa shape index (κ2) is 10.6. The van der Waals surface area contributed by atoms with Crippen molar-refractivity contribution in [1.82, 2.24) is 4.98 Å². The second-order valence-electron chi connectivity index (χ2n) is 6.88. The summed E-state index contributed by atoms with van der Waals surface area (Å²) >= 11 is 0. The number of benzene rings is 2. The molecule has 0 aliphatic rings. The van der Waals surface area contributed by atoms with Crippen LogP contribution in [0.15, 0.2) is 60.7 Å². The van der Waals surface area contributed by atoms with Crippen LogP contribution >= 0.6 is 0 Å². The first-order chi connectivity index (χ1) is 15.4. The molecule has 0 saturated heterocycles. The number of hydrogen-bond acceptors (Lipinski definition) is 5. The smallest absolute Gasteiger partial charge is 0.271 e. The average Bonchev–Trinajstić information content (AvgIpc) is 2.79. The van der Waals surface area contributed by atoms with Crippen LogP contribution in [0.5, 0.6) is 17.4 Å². The normalized spacial score (nSPS) is 10.4. The molecular formula is C24H23F3N2O3. The highest BCUT2D eigenvalue weighted by molar-refractivity contribution is 5.59. The Hall–Kier alpha value is -3.68. The van der Waals surface area contributed by atoms with Crippen LogP contribution in [-0.2, 0) is 13.1 Å². The van der Waals surface area contributed by atoms with Crippen molar-refractivity contribution in [3.05, 3.63) is 83.2 Å². The summed E-state index contributed by atoms with van der Waals surface area (Å²) in [6, 6.07) is 15.7. The molecule has 168 valence electrons. The van der Waals surface area contributed by atoms with Gasteiger partial charge in [-0.25, -0.2) is 4.39 Å². The van der Waals surface area contributed by atoms with E-state index < -0.39 is 11.9 Å². The SMILES string of the molecule is COc1ccc(CN(Cc2ccc(OC)cc2)c2nc(OC)c(C=C(F)F)cc2F)cc1. The largest absolute Gasteiger partial charge is 0.497 e. The summed E-state index contributed by atoms with van der Waals surface area (Å²) in [7, 11) is 4.45. The number of halogens is 3. The number of hydrogen-bond donors (Lipinski definition) is 0. The van der Waals surface area contributed by atoms with Crippen LogP contribution in [0, 0.1) is 5.82 Å². The summed E-state index contributed by atoms with van der Waals surface area (Å²) in [5, 5.41) is 0. The Morgan fingerprint density at radius 1 is 0.844 bits per heavy atom. The average molecular weight is 444 g/mol. The molecule has 0 amide bonds. The molecule has 0 aliphatic carbocycles. The van der Waals surface area contributed by atoms with E-state index in [9.17, 15) is 8.78 Å². The molecule has 3 rings (SSSR count). The first kappa shape index (κ1) is 23.0. The van der Waals surface area contributed by atoms with E-state index in [0.29, 0.717) is 30.7 Å². The third-order valence-electron chi connectivity index (χ3n) is 4.77. The van der Waals surface area contributed by atoms with E-state index >= 15 is 4.39 Å². The molecular weight excluding hydrogens is 421 g/mol. The predicted octanol–water partition coefficient (Wildman–Crippen LogP) is 5.69. The molecule has 0 aliphatic heterocycles. The number of nitrogens with zero attached hydrogens (tertiary/aromatic N) is 2. The summed E-state index contributed by atoms with van der Waals surface area (Å²) in [4.78, 5) is 5.91. The summed E-state index contributed by atoms with van der Waals surface area (Å²) in [5.74, 6) is 0.561. The van der Waals surface area contributed by atoms with E-state index in [0.717, 1.165) is 17.2 Å². The van der Waals surface area contributed by atoms with Crippen molar-refractivity contribution in [3.63, 3.8) is 0 Å². The zero-order valence-electron chi connectivity index (χ0n) is 17.9. The van der Waals surface area contributed by atoms with Gasteiger partial charge >= 0.3 is 0 Å². The van der Waals surface area contributed by atoms with Crippen molar-refractivity contribution >= 4 is 11.9 Å². The van der Waals surface area contributed by atoms with Gasteiger partial charge < -0.3 is 19.1 Å². The molecule has 0 atom stereocenters. The van der Waals surface area contributed by atoms with Gasteiger partial charge in [0.25, 0.3) is 6.08 Å². The van der Waals surface area contributed by atoms with Gasteiger partial charge in [0.2, 0.25) is 5.88 Å². The molecule has 3 aromatic rings. The Bertz CT molecular complexity index is 1020. The fourth-order valence-corrected chi connectivity index (χ4v) is 3.19. The predicted molar refractivity (Wildman–Crippen MR) is 117 cm³/mol. The molecule has 5 nitrogen and oxygen atoms in total. The van der Waals surface area contributed by atoms with Crippen LogP contribution in [0.25, 0.3) is 6.08 Å². The number of aromatic nitrogens is 1. The lowest BCUT2D eigenvalue weighted by Gasteiger charge is -2.25. The summed E-state index contributed by atoms with van der Waals surface area (Å²) in [6.45, 7) is 0.630. The highest BCUT2D eigenvalue weighted by Crippen LogP contribution is 2.29. The maximum Gasteiger partial charge on any atom is 0.271 e. The standard InChI is InChI=1S/C24H23F3N2O3/c1-30-19-8-4-16(5-9-19)14-29(15-17-6-10-20(31-2)11-7-17)23-21(25)12-18(13-22(26)27)24(28-23)32-3/h4-13H,14-15H2,1-3H3. The Labute approximate surface area is 184 Å². The van der Waals surface area contributed by atoms with Crippen LogP contribution in [0.1, 0.15) is 16.7 Å². The molecule has 8 heteroatoms. The molecule has 32 heavy (non-hydrogen) atoms. The third-order valence-corrected chi connectivity index (χ3v) is 4.77. The summed E-state index contributed by atoms with van der Waals surface area (Å²) < 4.78 is 56.1. The highest BCUT2D eigenvalue weighted by Gasteiger charge is 2.19. The number of methoxy groups -OCH3 is 3. The van der Waals surface area contributed by atoms with Crippen LogP contribution in [-0.4, -0.2) is 26.3 Å². The minimum absolute atomic E-state index is 0.00935. The molecule has 1 aromatic heterocycles. The van der Waals surface area contributed by atoms with Crippen molar-refractivity contribution in [2.75, 3.05) is 26.2 Å². The van der Waals surface area contributed by atoms with Gasteiger partial charge in [0.05, 0.1) is 21.3 Å². The Kier molecular flexibility index (Phi) is 7.59. The van der Waals surface area contributed by atoms with Gasteiger partial charge in [-0.1, -0.05) is 24.3 Å². The van der Waals surface area contributed by atoms with E-state index in [1.807, 2.05) is 48.5 Å². The Morgan fingerprint density at radius 3 is 1.75 bits per heavy atom.